The molecule has 9 heteroatoms. The zero-order valence-electron chi connectivity index (χ0n) is 19.0. The van der Waals surface area contributed by atoms with Gasteiger partial charge in [-0.25, -0.2) is 8.42 Å². The van der Waals surface area contributed by atoms with Gasteiger partial charge in [-0.1, -0.05) is 12.1 Å². The number of nitrogens with zero attached hydrogens (tertiary/aromatic N) is 3. The lowest BCUT2D eigenvalue weighted by Gasteiger charge is -2.34. The molecule has 8 nitrogen and oxygen atoms in total. The van der Waals surface area contributed by atoms with Crippen molar-refractivity contribution >= 4 is 15.9 Å². The Labute approximate surface area is 195 Å². The van der Waals surface area contributed by atoms with Crippen LogP contribution in [0.3, 0.4) is 0 Å². The number of sulfonamides is 1. The summed E-state index contributed by atoms with van der Waals surface area (Å²) in [6.07, 6.45) is 0.955. The maximum Gasteiger partial charge on any atom is 0.253 e. The van der Waals surface area contributed by atoms with Crippen LogP contribution in [0.2, 0.25) is 0 Å². The fourth-order valence-corrected chi connectivity index (χ4v) is 5.55. The van der Waals surface area contributed by atoms with Crippen molar-refractivity contribution in [3.8, 4) is 5.75 Å². The van der Waals surface area contributed by atoms with Gasteiger partial charge in [0.15, 0.2) is 0 Å². The Kier molecular flexibility index (Phi) is 7.64. The van der Waals surface area contributed by atoms with Crippen LogP contribution in [0.5, 0.6) is 5.75 Å². The Bertz CT molecular complexity index is 1030. The van der Waals surface area contributed by atoms with Gasteiger partial charge >= 0.3 is 0 Å². The highest BCUT2D eigenvalue weighted by atomic mass is 32.2. The van der Waals surface area contributed by atoms with Crippen molar-refractivity contribution in [1.82, 2.24) is 14.1 Å². The van der Waals surface area contributed by atoms with Gasteiger partial charge in [-0.15, -0.1) is 0 Å². The first-order valence-electron chi connectivity index (χ1n) is 11.3. The topological polar surface area (TPSA) is 79.4 Å². The Morgan fingerprint density at radius 1 is 0.909 bits per heavy atom. The molecule has 2 aromatic rings. The van der Waals surface area contributed by atoms with Crippen LogP contribution in [0.4, 0.5) is 0 Å². The second-order valence-corrected chi connectivity index (χ2v) is 10.2. The number of methoxy groups -OCH3 is 1. The molecule has 4 rings (SSSR count). The van der Waals surface area contributed by atoms with Crippen molar-refractivity contribution in [2.45, 2.75) is 11.3 Å². The molecule has 0 aromatic heterocycles. The summed E-state index contributed by atoms with van der Waals surface area (Å²) in [4.78, 5) is 17.3. The first kappa shape index (κ1) is 23.7. The van der Waals surface area contributed by atoms with Gasteiger partial charge < -0.3 is 14.4 Å². The molecular weight excluding hydrogens is 442 g/mol. The number of amides is 1. The van der Waals surface area contributed by atoms with E-state index in [4.69, 9.17) is 9.47 Å². The minimum atomic E-state index is -3.56. The summed E-state index contributed by atoms with van der Waals surface area (Å²) in [5.41, 5.74) is 1.78. The van der Waals surface area contributed by atoms with Gasteiger partial charge in [-0.3, -0.25) is 9.69 Å². The van der Waals surface area contributed by atoms with E-state index in [1.165, 1.54) is 22.0 Å². The predicted molar refractivity (Wildman–Crippen MR) is 125 cm³/mol. The molecule has 0 radical (unpaired) electrons. The molecule has 2 aliphatic heterocycles. The van der Waals surface area contributed by atoms with Crippen molar-refractivity contribution in [2.24, 2.45) is 0 Å². The monoisotopic (exact) mass is 473 g/mol. The number of carbonyl (C=O) groups is 1. The summed E-state index contributed by atoms with van der Waals surface area (Å²) in [5, 5.41) is 0. The third-order valence-electron chi connectivity index (χ3n) is 6.24. The molecular formula is C24H31N3O5S. The van der Waals surface area contributed by atoms with E-state index in [1.807, 2.05) is 17.0 Å². The molecule has 0 unspecified atom stereocenters. The summed E-state index contributed by atoms with van der Waals surface area (Å²) in [5.74, 6) is 0.803. The number of carbonyl (C=O) groups excluding carboxylic acids is 1. The molecule has 0 atom stereocenters. The van der Waals surface area contributed by atoms with E-state index in [0.29, 0.717) is 45.0 Å². The van der Waals surface area contributed by atoms with Crippen molar-refractivity contribution in [2.75, 3.05) is 66.1 Å². The molecule has 0 spiro atoms. The van der Waals surface area contributed by atoms with Gasteiger partial charge in [0.25, 0.3) is 5.91 Å². The third-order valence-corrected chi connectivity index (χ3v) is 8.16. The van der Waals surface area contributed by atoms with Crippen LogP contribution in [-0.4, -0.2) is 94.6 Å². The lowest BCUT2D eigenvalue weighted by molar-refractivity contribution is 0.0638. The van der Waals surface area contributed by atoms with Gasteiger partial charge in [0, 0.05) is 51.4 Å². The van der Waals surface area contributed by atoms with E-state index < -0.39 is 10.0 Å². The molecule has 0 saturated carbocycles. The molecule has 2 saturated heterocycles. The first-order valence-corrected chi connectivity index (χ1v) is 12.7. The minimum Gasteiger partial charge on any atom is -0.497 e. The highest BCUT2D eigenvalue weighted by Gasteiger charge is 2.27. The lowest BCUT2D eigenvalue weighted by Crippen LogP contribution is -2.49. The lowest BCUT2D eigenvalue weighted by atomic mass is 10.1. The molecule has 2 fully saturated rings. The maximum absolute atomic E-state index is 12.9. The molecule has 2 aromatic carbocycles. The first-order chi connectivity index (χ1) is 16.0. The summed E-state index contributed by atoms with van der Waals surface area (Å²) >= 11 is 0. The predicted octanol–water partition coefficient (Wildman–Crippen LogP) is 1.72. The number of hydrogen-bond donors (Lipinski definition) is 0. The molecule has 1 amide bonds. The number of hydrogen-bond acceptors (Lipinski definition) is 6. The Morgan fingerprint density at radius 2 is 1.55 bits per heavy atom. The fourth-order valence-electron chi connectivity index (χ4n) is 4.14. The highest BCUT2D eigenvalue weighted by Crippen LogP contribution is 2.19. The Hall–Kier alpha value is -2.46. The molecule has 178 valence electrons. The van der Waals surface area contributed by atoms with Gasteiger partial charge in [0.05, 0.1) is 25.2 Å². The minimum absolute atomic E-state index is 0.0554. The summed E-state index contributed by atoms with van der Waals surface area (Å²) in [6, 6.07) is 14.4. The summed E-state index contributed by atoms with van der Waals surface area (Å²) < 4.78 is 37.4. The molecule has 0 bridgehead atoms. The zero-order valence-corrected chi connectivity index (χ0v) is 19.8. The average Bonchev–Trinajstić information content (AvgIpc) is 2.88. The normalized spacial score (nSPS) is 18.3. The molecule has 2 aliphatic rings. The Morgan fingerprint density at radius 3 is 2.15 bits per heavy atom. The van der Waals surface area contributed by atoms with Crippen LogP contribution >= 0.6 is 0 Å². The number of morpholine rings is 1. The number of rotatable bonds is 7. The number of benzene rings is 2. The molecule has 0 N–H and O–H groups in total. The van der Waals surface area contributed by atoms with E-state index in [9.17, 15) is 13.2 Å². The van der Waals surface area contributed by atoms with Gasteiger partial charge in [0.1, 0.15) is 5.75 Å². The van der Waals surface area contributed by atoms with Gasteiger partial charge in [0.2, 0.25) is 10.0 Å². The standard InChI is InChI=1S/C24H31N3O5S/c1-31-22-6-2-20(3-7-22)10-11-25-12-14-26(15-13-25)24(28)21-4-8-23(9-5-21)33(29,30)27-16-18-32-19-17-27/h2-9H,10-19H2,1H3. The van der Waals surface area contributed by atoms with Crippen LogP contribution in [0, 0.1) is 0 Å². The maximum atomic E-state index is 12.9. The SMILES string of the molecule is COc1ccc(CCN2CCN(C(=O)c3ccc(S(=O)(=O)N4CCOCC4)cc3)CC2)cc1. The zero-order chi connectivity index (χ0) is 23.3. The molecule has 2 heterocycles. The average molecular weight is 474 g/mol. The third kappa shape index (κ3) is 5.73. The summed E-state index contributed by atoms with van der Waals surface area (Å²) in [6.45, 7) is 5.44. The largest absolute Gasteiger partial charge is 0.497 e. The van der Waals surface area contributed by atoms with E-state index in [0.717, 1.165) is 31.8 Å². The smallest absolute Gasteiger partial charge is 0.253 e. The fraction of sp³-hybridized carbons (Fsp3) is 0.458. The summed E-state index contributed by atoms with van der Waals surface area (Å²) in [7, 11) is -1.89. The van der Waals surface area contributed by atoms with E-state index in [1.54, 1.807) is 19.2 Å². The second kappa shape index (κ2) is 10.6. The van der Waals surface area contributed by atoms with E-state index >= 15 is 0 Å². The second-order valence-electron chi connectivity index (χ2n) is 8.27. The van der Waals surface area contributed by atoms with Crippen molar-refractivity contribution < 1.29 is 22.7 Å². The van der Waals surface area contributed by atoms with Gasteiger partial charge in [-0.2, -0.15) is 4.31 Å². The highest BCUT2D eigenvalue weighted by molar-refractivity contribution is 7.89. The van der Waals surface area contributed by atoms with Crippen LogP contribution in [0.15, 0.2) is 53.4 Å². The van der Waals surface area contributed by atoms with E-state index in [-0.39, 0.29) is 10.8 Å². The van der Waals surface area contributed by atoms with Crippen molar-refractivity contribution in [3.63, 3.8) is 0 Å². The van der Waals surface area contributed by atoms with Crippen LogP contribution in [0.1, 0.15) is 15.9 Å². The number of ether oxygens (including phenoxy) is 2. The van der Waals surface area contributed by atoms with Crippen LogP contribution < -0.4 is 4.74 Å². The quantitative estimate of drug-likeness (QED) is 0.609. The molecule has 0 aliphatic carbocycles. The van der Waals surface area contributed by atoms with Crippen LogP contribution in [0.25, 0.3) is 0 Å². The van der Waals surface area contributed by atoms with E-state index in [2.05, 4.69) is 17.0 Å². The van der Waals surface area contributed by atoms with Crippen molar-refractivity contribution in [3.05, 3.63) is 59.7 Å². The van der Waals surface area contributed by atoms with Crippen molar-refractivity contribution in [1.29, 1.82) is 0 Å². The number of piperazine rings is 1. The van der Waals surface area contributed by atoms with Crippen LogP contribution in [-0.2, 0) is 21.2 Å². The molecule has 33 heavy (non-hydrogen) atoms. The Balaban J connectivity index is 1.28. The van der Waals surface area contributed by atoms with Gasteiger partial charge in [-0.05, 0) is 48.4 Å².